The Morgan fingerprint density at radius 3 is 2.83 bits per heavy atom. The van der Waals surface area contributed by atoms with Crippen molar-refractivity contribution in [2.45, 2.75) is 6.92 Å². The summed E-state index contributed by atoms with van der Waals surface area (Å²) in [6.07, 6.45) is 0. The fraction of sp³-hybridized carbons (Fsp3) is 0.300. The van der Waals surface area contributed by atoms with Gasteiger partial charge in [0.1, 0.15) is 0 Å². The van der Waals surface area contributed by atoms with Crippen LogP contribution in [-0.2, 0) is 0 Å². The number of benzene rings is 1. The van der Waals surface area contributed by atoms with Crippen molar-refractivity contribution >= 4 is 0 Å². The second kappa shape index (κ2) is 6.57. The van der Waals surface area contributed by atoms with Gasteiger partial charge in [0.15, 0.2) is 0 Å². The van der Waals surface area contributed by atoms with Crippen molar-refractivity contribution in [1.29, 1.82) is 0 Å². The third kappa shape index (κ3) is 4.85. The molecule has 0 fully saturated rings. The Morgan fingerprint density at radius 1 is 1.58 bits per heavy atom. The van der Waals surface area contributed by atoms with Crippen LogP contribution >= 0.6 is 0 Å². The topological polar surface area (TPSA) is 9.23 Å². The molecule has 0 radical (unpaired) electrons. The smallest absolute Gasteiger partial charge is 0.522 e. The van der Waals surface area contributed by atoms with Crippen LogP contribution in [0.2, 0.25) is 0 Å². The van der Waals surface area contributed by atoms with E-state index in [2.05, 4.69) is 13.0 Å². The third-order valence-electron chi connectivity index (χ3n) is 1.20. The summed E-state index contributed by atoms with van der Waals surface area (Å²) in [6.45, 7) is 6.48. The van der Waals surface area contributed by atoms with Gasteiger partial charge in [-0.2, -0.15) is 18.2 Å². The third-order valence-corrected chi connectivity index (χ3v) is 1.20. The summed E-state index contributed by atoms with van der Waals surface area (Å²) in [5.74, 6) is 1.12. The molecule has 1 aromatic rings. The van der Waals surface area contributed by atoms with E-state index in [1.165, 1.54) is 0 Å². The SMILES string of the molecule is [CH2-]C(C)COc1[c-]cccc1.[U+2]. The molecule has 0 saturated heterocycles. The van der Waals surface area contributed by atoms with Crippen LogP contribution in [0.25, 0.3) is 0 Å². The number of para-hydroxylation sites is 1. The average Bonchev–Trinajstić information content (AvgIpc) is 2.03. The zero-order valence-electron chi connectivity index (χ0n) is 7.21. The molecule has 0 aromatic heterocycles. The van der Waals surface area contributed by atoms with Gasteiger partial charge in [0, 0.05) is 5.75 Å². The van der Waals surface area contributed by atoms with Crippen LogP contribution in [0, 0.1) is 50.0 Å². The minimum Gasteiger partial charge on any atom is -0.522 e. The molecule has 1 rings (SSSR count). The largest absolute Gasteiger partial charge is 2.00 e. The monoisotopic (exact) mass is 386 g/mol. The fourth-order valence-corrected chi connectivity index (χ4v) is 0.699. The zero-order valence-corrected chi connectivity index (χ0v) is 11.4. The van der Waals surface area contributed by atoms with E-state index >= 15 is 0 Å². The van der Waals surface area contributed by atoms with Gasteiger partial charge in [0.05, 0.1) is 6.61 Å². The van der Waals surface area contributed by atoms with Crippen molar-refractivity contribution < 1.29 is 35.9 Å². The Morgan fingerprint density at radius 2 is 2.33 bits per heavy atom. The van der Waals surface area contributed by atoms with Crippen molar-refractivity contribution in [2.75, 3.05) is 6.61 Å². The minimum atomic E-state index is 0. The minimum absolute atomic E-state index is 0. The zero-order chi connectivity index (χ0) is 8.10. The van der Waals surface area contributed by atoms with Gasteiger partial charge in [-0.15, -0.1) is 18.1 Å². The summed E-state index contributed by atoms with van der Waals surface area (Å²) >= 11 is 0. The summed E-state index contributed by atoms with van der Waals surface area (Å²) in [6, 6.07) is 10.5. The molecule has 0 aliphatic rings. The molecule has 0 aliphatic heterocycles. The fourth-order valence-electron chi connectivity index (χ4n) is 0.699. The van der Waals surface area contributed by atoms with E-state index < -0.39 is 0 Å². The van der Waals surface area contributed by atoms with Crippen LogP contribution in [-0.4, -0.2) is 6.61 Å². The Labute approximate surface area is 97.9 Å². The molecule has 1 nitrogen and oxygen atoms in total. The number of hydrogen-bond donors (Lipinski definition) is 0. The van der Waals surface area contributed by atoms with E-state index in [0.717, 1.165) is 5.75 Å². The van der Waals surface area contributed by atoms with Crippen molar-refractivity contribution in [3.05, 3.63) is 37.3 Å². The first-order valence-electron chi connectivity index (χ1n) is 3.71. The molecular weight excluding hydrogens is 374 g/mol. The van der Waals surface area contributed by atoms with E-state index in [9.17, 15) is 0 Å². The number of hydrogen-bond acceptors (Lipinski definition) is 1. The van der Waals surface area contributed by atoms with Gasteiger partial charge in [-0.25, -0.2) is 0 Å². The van der Waals surface area contributed by atoms with E-state index in [0.29, 0.717) is 12.5 Å². The predicted octanol–water partition coefficient (Wildman–Crippen LogP) is 2.34. The summed E-state index contributed by atoms with van der Waals surface area (Å²) in [5, 5.41) is 0. The Hall–Kier alpha value is 0.0719. The molecule has 1 aromatic carbocycles. The van der Waals surface area contributed by atoms with Crippen LogP contribution < -0.4 is 4.74 Å². The van der Waals surface area contributed by atoms with E-state index in [1.54, 1.807) is 0 Å². The molecule has 0 spiro atoms. The van der Waals surface area contributed by atoms with Crippen molar-refractivity contribution in [2.24, 2.45) is 5.92 Å². The molecular formula is C10H12OU. The van der Waals surface area contributed by atoms with E-state index in [-0.39, 0.29) is 31.1 Å². The van der Waals surface area contributed by atoms with Gasteiger partial charge >= 0.3 is 31.1 Å². The van der Waals surface area contributed by atoms with Gasteiger partial charge in [0.2, 0.25) is 0 Å². The van der Waals surface area contributed by atoms with Gasteiger partial charge in [-0.3, -0.25) is 0 Å². The van der Waals surface area contributed by atoms with Crippen LogP contribution in [0.15, 0.2) is 24.3 Å². The number of ether oxygens (including phenoxy) is 1. The Bertz CT molecular complexity index is 196. The Balaban J connectivity index is 0.00000121. The van der Waals surface area contributed by atoms with E-state index in [4.69, 9.17) is 4.74 Å². The van der Waals surface area contributed by atoms with Gasteiger partial charge in [-0.1, -0.05) is 6.92 Å². The average molecular weight is 386 g/mol. The van der Waals surface area contributed by atoms with Crippen LogP contribution in [0.4, 0.5) is 0 Å². The van der Waals surface area contributed by atoms with Gasteiger partial charge < -0.3 is 11.7 Å². The van der Waals surface area contributed by atoms with Gasteiger partial charge in [-0.05, 0) is 0 Å². The molecule has 0 amide bonds. The summed E-state index contributed by atoms with van der Waals surface area (Å²) in [4.78, 5) is 0. The van der Waals surface area contributed by atoms with Crippen LogP contribution in [0.3, 0.4) is 0 Å². The van der Waals surface area contributed by atoms with E-state index in [1.807, 2.05) is 31.2 Å². The standard InChI is InChI=1S/C10H12O.U/c1-9(2)8-11-10-6-4-3-5-7-10;/h3-6,9H,1,8H2,2H3;/q-2;+2. The van der Waals surface area contributed by atoms with Crippen LogP contribution in [0.5, 0.6) is 5.75 Å². The second-order valence-corrected chi connectivity index (χ2v) is 2.64. The normalized spacial score (nSPS) is 11.5. The first-order chi connectivity index (χ1) is 5.29. The summed E-state index contributed by atoms with van der Waals surface area (Å²) in [5.41, 5.74) is 0. The van der Waals surface area contributed by atoms with Crippen molar-refractivity contribution in [1.82, 2.24) is 0 Å². The quantitative estimate of drug-likeness (QED) is 0.725. The first kappa shape index (κ1) is 12.1. The molecule has 1 unspecified atom stereocenters. The molecule has 0 heterocycles. The van der Waals surface area contributed by atoms with Crippen molar-refractivity contribution in [3.63, 3.8) is 0 Å². The summed E-state index contributed by atoms with van der Waals surface area (Å²) < 4.78 is 5.35. The molecule has 0 aliphatic carbocycles. The van der Waals surface area contributed by atoms with Gasteiger partial charge in [0.25, 0.3) is 0 Å². The molecule has 2 heteroatoms. The summed E-state index contributed by atoms with van der Waals surface area (Å²) in [7, 11) is 0. The molecule has 12 heavy (non-hydrogen) atoms. The van der Waals surface area contributed by atoms with Crippen LogP contribution in [0.1, 0.15) is 6.92 Å². The predicted molar refractivity (Wildman–Crippen MR) is 45.3 cm³/mol. The molecule has 0 saturated carbocycles. The van der Waals surface area contributed by atoms with Crippen molar-refractivity contribution in [3.8, 4) is 5.75 Å². The maximum absolute atomic E-state index is 5.35. The maximum Gasteiger partial charge on any atom is 2.00 e. The second-order valence-electron chi connectivity index (χ2n) is 2.64. The molecule has 62 valence electrons. The maximum atomic E-state index is 5.35. The molecule has 1 atom stereocenters. The molecule has 0 N–H and O–H groups in total. The number of rotatable bonds is 3. The first-order valence-corrected chi connectivity index (χ1v) is 3.71. The molecule has 0 bridgehead atoms. The Kier molecular flexibility index (Phi) is 6.61.